The molecule has 0 aromatic heterocycles. The zero-order valence-electron chi connectivity index (χ0n) is 37.6. The summed E-state index contributed by atoms with van der Waals surface area (Å²) in [5, 5.41) is 32.7. The van der Waals surface area contributed by atoms with E-state index in [1.165, 1.54) is 13.8 Å². The minimum absolute atomic E-state index is 0.0107. The zero-order valence-corrected chi connectivity index (χ0v) is 37.6. The number of amidine groups is 1. The van der Waals surface area contributed by atoms with E-state index in [0.29, 0.717) is 57.1 Å². The van der Waals surface area contributed by atoms with Crippen LogP contribution in [0, 0.1) is 11.3 Å². The highest BCUT2D eigenvalue weighted by atomic mass is 16.4. The molecule has 0 aliphatic rings. The van der Waals surface area contributed by atoms with Crippen LogP contribution < -0.4 is 66.3 Å². The number of carboxylic acids is 1. The Hall–Kier alpha value is -6.36. The Morgan fingerprint density at radius 3 is 1.49 bits per heavy atom. The number of amides is 7. The number of aliphatic imine (C=N–C) groups is 1. The molecule has 7 atom stereocenters. The molecule has 0 aliphatic carbocycles. The topological polar surface area (TPSA) is 421 Å². The number of hydrogen-bond acceptors (Lipinski definition) is 12. The molecule has 0 aliphatic heterocycles. The Balaban J connectivity index is 3.39. The smallest absolute Gasteiger partial charge is 0.304 e. The normalized spacial score (nSPS) is 14.1. The van der Waals surface area contributed by atoms with Crippen molar-refractivity contribution in [2.75, 3.05) is 19.6 Å². The number of nitrogens with two attached hydrogens (primary N) is 6. The van der Waals surface area contributed by atoms with Gasteiger partial charge in [0.2, 0.25) is 41.4 Å². The summed E-state index contributed by atoms with van der Waals surface area (Å²) >= 11 is 0. The predicted molar refractivity (Wildman–Crippen MR) is 244 cm³/mol. The first-order valence-corrected chi connectivity index (χ1v) is 21.9. The lowest BCUT2D eigenvalue weighted by atomic mass is 10.0. The second kappa shape index (κ2) is 31.5. The van der Waals surface area contributed by atoms with Crippen LogP contribution in [0.1, 0.15) is 103 Å². The molecule has 0 saturated heterocycles. The number of primary amides is 1. The molecule has 0 saturated carbocycles. The summed E-state index contributed by atoms with van der Waals surface area (Å²) in [6.45, 7) is 3.57. The third-order valence-electron chi connectivity index (χ3n) is 10.2. The van der Waals surface area contributed by atoms with Gasteiger partial charge in [0.15, 0.2) is 5.96 Å². The van der Waals surface area contributed by atoms with Crippen LogP contribution in [0.4, 0.5) is 0 Å². The van der Waals surface area contributed by atoms with E-state index in [1.807, 2.05) is 0 Å². The first kappa shape index (κ1) is 56.7. The van der Waals surface area contributed by atoms with Gasteiger partial charge in [-0.05, 0) is 89.8 Å². The highest BCUT2D eigenvalue weighted by Gasteiger charge is 2.33. The average molecular weight is 917 g/mol. The van der Waals surface area contributed by atoms with Gasteiger partial charge in [-0.2, -0.15) is 0 Å². The van der Waals surface area contributed by atoms with Crippen LogP contribution in [0.2, 0.25) is 0 Å². The van der Waals surface area contributed by atoms with Crippen molar-refractivity contribution in [2.24, 2.45) is 45.3 Å². The molecule has 0 heterocycles. The van der Waals surface area contributed by atoms with Crippen LogP contribution in [-0.2, 0) is 44.8 Å². The summed E-state index contributed by atoms with van der Waals surface area (Å²) in [4.78, 5) is 109. The van der Waals surface area contributed by atoms with Crippen molar-refractivity contribution >= 4 is 59.1 Å². The second-order valence-electron chi connectivity index (χ2n) is 15.9. The van der Waals surface area contributed by atoms with Crippen molar-refractivity contribution < 1.29 is 43.5 Å². The third kappa shape index (κ3) is 24.3. The number of nitrogens with one attached hydrogen (secondary N) is 7. The molecule has 0 spiro atoms. The summed E-state index contributed by atoms with van der Waals surface area (Å²) in [6, 6.07) is 1.56. The lowest BCUT2D eigenvalue weighted by molar-refractivity contribution is -0.141. The minimum Gasteiger partial charge on any atom is -0.481 e. The highest BCUT2D eigenvalue weighted by molar-refractivity contribution is 5.97. The molecule has 1 rings (SSSR count). The predicted octanol–water partition coefficient (Wildman–Crippen LogP) is -2.44. The molecule has 23 heteroatoms. The lowest BCUT2D eigenvalue weighted by Gasteiger charge is -2.27. The summed E-state index contributed by atoms with van der Waals surface area (Å²) in [7, 11) is 0. The summed E-state index contributed by atoms with van der Waals surface area (Å²) in [5.41, 5.74) is 33.8. The monoisotopic (exact) mass is 917 g/mol. The van der Waals surface area contributed by atoms with Crippen molar-refractivity contribution in [3.8, 4) is 0 Å². The standard InChI is InChI=1S/C42H72N14O9/c1-25(23-34(57)58)36(60)56-32(24-27-13-4-3-5-14-27)41(65)55-31(17-9-11-21-44)40(64)54-30(15-6-7-19-33(45)46)39(63)53-29(16-8-10-20-43)38(62)51-26(2)37(61)52-28(35(47)59)18-12-22-50-42(48)49/h3-5,13-14,25-26,28-32H,6-12,15-24,43-44H2,1-2H3,(H3,45,46)(H2,47,59)(H,51,62)(H,52,61)(H,53,63)(H,54,64)(H,55,65)(H,56,60)(H,57,58)(H4,48,49,50)/t25-,26-,28-,29-,30-,31-,32-/m0/s1. The van der Waals surface area contributed by atoms with Gasteiger partial charge >= 0.3 is 5.97 Å². The van der Waals surface area contributed by atoms with Gasteiger partial charge in [-0.3, -0.25) is 48.8 Å². The van der Waals surface area contributed by atoms with Crippen LogP contribution in [0.3, 0.4) is 0 Å². The molecule has 0 fully saturated rings. The molecule has 23 nitrogen and oxygen atoms in total. The van der Waals surface area contributed by atoms with E-state index >= 15 is 0 Å². The van der Waals surface area contributed by atoms with Crippen LogP contribution in [0.25, 0.3) is 0 Å². The number of benzene rings is 1. The minimum atomic E-state index is -1.26. The fourth-order valence-corrected chi connectivity index (χ4v) is 6.47. The maximum Gasteiger partial charge on any atom is 0.304 e. The van der Waals surface area contributed by atoms with E-state index < -0.39 is 95.9 Å². The zero-order chi connectivity index (χ0) is 48.9. The third-order valence-corrected chi connectivity index (χ3v) is 10.2. The maximum atomic E-state index is 14.1. The van der Waals surface area contributed by atoms with Crippen molar-refractivity contribution in [2.45, 2.75) is 140 Å². The second-order valence-corrected chi connectivity index (χ2v) is 15.9. The molecular formula is C42H72N14O9. The summed E-state index contributed by atoms with van der Waals surface area (Å²) < 4.78 is 0. The lowest BCUT2D eigenvalue weighted by Crippen LogP contribution is -2.59. The Bertz CT molecular complexity index is 1750. The van der Waals surface area contributed by atoms with E-state index in [2.05, 4.69) is 36.9 Å². The van der Waals surface area contributed by atoms with Gasteiger partial charge in [-0.25, -0.2) is 0 Å². The summed E-state index contributed by atoms with van der Waals surface area (Å²) in [6.07, 6.45) is 2.89. The highest BCUT2D eigenvalue weighted by Crippen LogP contribution is 2.12. The Morgan fingerprint density at radius 1 is 0.585 bits per heavy atom. The molecule has 0 radical (unpaired) electrons. The van der Waals surface area contributed by atoms with Gasteiger partial charge in [-0.15, -0.1) is 0 Å². The Morgan fingerprint density at radius 2 is 1.03 bits per heavy atom. The molecule has 364 valence electrons. The van der Waals surface area contributed by atoms with Crippen molar-refractivity contribution in [3.63, 3.8) is 0 Å². The summed E-state index contributed by atoms with van der Waals surface area (Å²) in [5.74, 6) is -7.57. The number of unbranched alkanes of at least 4 members (excludes halogenated alkanes) is 3. The molecule has 0 unspecified atom stereocenters. The van der Waals surface area contributed by atoms with E-state index in [1.54, 1.807) is 30.3 Å². The number of guanidine groups is 1. The van der Waals surface area contributed by atoms with Crippen molar-refractivity contribution in [1.29, 1.82) is 5.41 Å². The van der Waals surface area contributed by atoms with Crippen molar-refractivity contribution in [3.05, 3.63) is 35.9 Å². The molecular weight excluding hydrogens is 845 g/mol. The van der Waals surface area contributed by atoms with Gasteiger partial charge in [0.1, 0.15) is 36.3 Å². The van der Waals surface area contributed by atoms with Crippen LogP contribution in [0.15, 0.2) is 35.3 Å². The first-order valence-electron chi connectivity index (χ1n) is 21.9. The molecule has 20 N–H and O–H groups in total. The quantitative estimate of drug-likeness (QED) is 0.0194. The molecule has 7 amide bonds. The number of nitrogens with zero attached hydrogens (tertiary/aromatic N) is 1. The SMILES string of the molecule is C[C@H](NC(=O)[C@H](CCCCN)NC(=O)[C@H](CCCCC(=N)N)NC(=O)[C@H](CCCCN)NC(=O)[C@H](Cc1ccccc1)NC(=O)[C@@H](C)CC(=O)O)C(=O)N[C@@H](CCCN=C(N)N)C(N)=O. The average Bonchev–Trinajstić information content (AvgIpc) is 3.24. The van der Waals surface area contributed by atoms with Gasteiger partial charge in [0, 0.05) is 25.3 Å². The van der Waals surface area contributed by atoms with Crippen LogP contribution in [0.5, 0.6) is 0 Å². The molecule has 65 heavy (non-hydrogen) atoms. The van der Waals surface area contributed by atoms with Crippen LogP contribution in [-0.4, -0.2) is 120 Å². The van der Waals surface area contributed by atoms with Crippen molar-refractivity contribution in [1.82, 2.24) is 31.9 Å². The van der Waals surface area contributed by atoms with E-state index in [4.69, 9.17) is 39.8 Å². The Kier molecular flexibility index (Phi) is 27.4. The van der Waals surface area contributed by atoms with E-state index in [0.717, 1.165) is 0 Å². The largest absolute Gasteiger partial charge is 0.481 e. The molecule has 1 aromatic rings. The van der Waals surface area contributed by atoms with Crippen LogP contribution >= 0.6 is 0 Å². The number of rotatable bonds is 34. The van der Waals surface area contributed by atoms with Gasteiger partial charge in [0.25, 0.3) is 0 Å². The number of carbonyl (C=O) groups excluding carboxylic acids is 7. The van der Waals surface area contributed by atoms with Gasteiger partial charge in [-0.1, -0.05) is 43.7 Å². The number of carbonyl (C=O) groups is 8. The van der Waals surface area contributed by atoms with Gasteiger partial charge < -0.3 is 71.4 Å². The number of hydrogen-bond donors (Lipinski definition) is 14. The fraction of sp³-hybridized carbons (Fsp3) is 0.619. The molecule has 0 bridgehead atoms. The van der Waals surface area contributed by atoms with E-state index in [-0.39, 0.29) is 63.4 Å². The van der Waals surface area contributed by atoms with E-state index in [9.17, 15) is 43.5 Å². The number of carboxylic acid groups (broad SMARTS) is 1. The number of aliphatic carboxylic acids is 1. The molecule has 1 aromatic carbocycles. The fourth-order valence-electron chi connectivity index (χ4n) is 6.47. The first-order chi connectivity index (χ1) is 30.8. The maximum absolute atomic E-state index is 14.1. The van der Waals surface area contributed by atoms with Gasteiger partial charge in [0.05, 0.1) is 12.3 Å². The Labute approximate surface area is 380 Å².